The van der Waals surface area contributed by atoms with Crippen molar-refractivity contribution in [3.8, 4) is 0 Å². The number of hydrazone groups is 1. The van der Waals surface area contributed by atoms with Crippen LogP contribution in [0.15, 0.2) is 58.5 Å². The van der Waals surface area contributed by atoms with Crippen molar-refractivity contribution in [3.63, 3.8) is 0 Å². The number of nitrogens with zero attached hydrogens (tertiary/aromatic N) is 5. The fourth-order valence-electron chi connectivity index (χ4n) is 3.66. The largest absolute Gasteiger partial charge is 0.446 e. The average Bonchev–Trinajstić information content (AvgIpc) is 3.14. The molecule has 1 aromatic carbocycles. The first-order chi connectivity index (χ1) is 13.7. The summed E-state index contributed by atoms with van der Waals surface area (Å²) in [7, 11) is 0. The van der Waals surface area contributed by atoms with Crippen molar-refractivity contribution in [1.82, 2.24) is 9.97 Å². The Labute approximate surface area is 161 Å². The molecule has 2 aromatic heterocycles. The van der Waals surface area contributed by atoms with E-state index in [1.54, 1.807) is 6.26 Å². The number of anilines is 2. The molecule has 3 aromatic rings. The zero-order valence-corrected chi connectivity index (χ0v) is 15.3. The first-order valence-corrected chi connectivity index (χ1v) is 9.19. The van der Waals surface area contributed by atoms with Gasteiger partial charge in [-0.25, -0.2) is 19.8 Å². The van der Waals surface area contributed by atoms with E-state index < -0.39 is 0 Å². The van der Waals surface area contributed by atoms with Crippen LogP contribution < -0.4 is 10.2 Å². The smallest absolute Gasteiger partial charge is 0.231 e. The monoisotopic (exact) mass is 377 g/mol. The zero-order valence-electron chi connectivity index (χ0n) is 15.3. The van der Waals surface area contributed by atoms with Crippen LogP contribution >= 0.6 is 0 Å². The standard InChI is InChI=1S/C20H19N5O3/c1-13-6-7-17(14-9-11-28-25(26)18-5-3-2-4-15(14)18)23-24(13)19-16-8-10-27-20(16)22-12-21-19/h2-5,8-10,12-13,26H,6-7,11H2,1H3. The van der Waals surface area contributed by atoms with Crippen LogP contribution in [0.5, 0.6) is 0 Å². The zero-order chi connectivity index (χ0) is 19.1. The second-order valence-electron chi connectivity index (χ2n) is 6.82. The molecule has 2 aliphatic rings. The molecule has 0 aliphatic carbocycles. The Hall–Kier alpha value is -3.23. The lowest BCUT2D eigenvalue weighted by molar-refractivity contribution is -0.0275. The molecule has 1 N–H and O–H groups in total. The molecular formula is C20H19N5O3. The highest BCUT2D eigenvalue weighted by Crippen LogP contribution is 2.35. The third-order valence-electron chi connectivity index (χ3n) is 5.10. The van der Waals surface area contributed by atoms with E-state index in [4.69, 9.17) is 14.4 Å². The predicted molar refractivity (Wildman–Crippen MR) is 105 cm³/mol. The van der Waals surface area contributed by atoms with Gasteiger partial charge in [-0.15, -0.1) is 5.23 Å². The highest BCUT2D eigenvalue weighted by atomic mass is 16.9. The summed E-state index contributed by atoms with van der Waals surface area (Å²) in [5, 5.41) is 18.7. The van der Waals surface area contributed by atoms with Gasteiger partial charge in [0, 0.05) is 11.1 Å². The van der Waals surface area contributed by atoms with Gasteiger partial charge in [-0.1, -0.05) is 18.2 Å². The molecule has 142 valence electrons. The van der Waals surface area contributed by atoms with Crippen molar-refractivity contribution in [1.29, 1.82) is 0 Å². The first-order valence-electron chi connectivity index (χ1n) is 9.19. The van der Waals surface area contributed by atoms with E-state index in [0.29, 0.717) is 11.4 Å². The van der Waals surface area contributed by atoms with Crippen molar-refractivity contribution in [2.45, 2.75) is 25.8 Å². The second kappa shape index (κ2) is 6.74. The van der Waals surface area contributed by atoms with Gasteiger partial charge in [0.15, 0.2) is 5.82 Å². The van der Waals surface area contributed by atoms with Crippen LogP contribution in [-0.2, 0) is 4.84 Å². The molecule has 0 saturated carbocycles. The van der Waals surface area contributed by atoms with E-state index in [1.165, 1.54) is 6.33 Å². The maximum Gasteiger partial charge on any atom is 0.231 e. The van der Waals surface area contributed by atoms with Gasteiger partial charge in [-0.2, -0.15) is 5.10 Å². The lowest BCUT2D eigenvalue weighted by Crippen LogP contribution is -2.35. The van der Waals surface area contributed by atoms with E-state index >= 15 is 0 Å². The van der Waals surface area contributed by atoms with Gasteiger partial charge in [-0.3, -0.25) is 5.21 Å². The summed E-state index contributed by atoms with van der Waals surface area (Å²) in [5.74, 6) is 0.728. The molecule has 0 amide bonds. The van der Waals surface area contributed by atoms with Gasteiger partial charge >= 0.3 is 0 Å². The molecule has 1 atom stereocenters. The molecule has 0 bridgehead atoms. The topological polar surface area (TPSA) is 87.2 Å². The van der Waals surface area contributed by atoms with Crippen LogP contribution in [0.3, 0.4) is 0 Å². The van der Waals surface area contributed by atoms with Gasteiger partial charge in [0.25, 0.3) is 0 Å². The van der Waals surface area contributed by atoms with Gasteiger partial charge < -0.3 is 4.42 Å². The number of benzene rings is 1. The van der Waals surface area contributed by atoms with Gasteiger partial charge in [0.05, 0.1) is 30.0 Å². The first kappa shape index (κ1) is 16.9. The molecule has 8 heteroatoms. The van der Waals surface area contributed by atoms with Gasteiger partial charge in [-0.05, 0) is 38.0 Å². The summed E-state index contributed by atoms with van der Waals surface area (Å²) in [6.45, 7) is 2.39. The van der Waals surface area contributed by atoms with E-state index in [9.17, 15) is 5.21 Å². The van der Waals surface area contributed by atoms with Crippen molar-refractivity contribution < 1.29 is 14.5 Å². The van der Waals surface area contributed by atoms with Gasteiger partial charge in [0.1, 0.15) is 12.0 Å². The molecule has 0 saturated heterocycles. The summed E-state index contributed by atoms with van der Waals surface area (Å²) in [6.07, 6.45) is 6.80. The minimum absolute atomic E-state index is 0.184. The summed E-state index contributed by atoms with van der Waals surface area (Å²) in [6, 6.07) is 9.63. The van der Waals surface area contributed by atoms with Crippen LogP contribution in [0.4, 0.5) is 11.5 Å². The third kappa shape index (κ3) is 2.74. The molecule has 0 spiro atoms. The van der Waals surface area contributed by atoms with Crippen LogP contribution in [0, 0.1) is 0 Å². The Kier molecular flexibility index (Phi) is 4.07. The molecule has 4 heterocycles. The number of para-hydroxylation sites is 1. The van der Waals surface area contributed by atoms with E-state index in [0.717, 1.165) is 46.1 Å². The predicted octanol–water partition coefficient (Wildman–Crippen LogP) is 3.79. The Morgan fingerprint density at radius 2 is 2.07 bits per heavy atom. The normalized spacial score (nSPS) is 19.9. The van der Waals surface area contributed by atoms with Crippen LogP contribution in [-0.4, -0.2) is 33.5 Å². The second-order valence-corrected chi connectivity index (χ2v) is 6.82. The number of hydrogen-bond donors (Lipinski definition) is 1. The molecule has 28 heavy (non-hydrogen) atoms. The Morgan fingerprint density at radius 3 is 3.00 bits per heavy atom. The molecular weight excluding hydrogens is 358 g/mol. The van der Waals surface area contributed by atoms with Crippen LogP contribution in [0.25, 0.3) is 16.7 Å². The van der Waals surface area contributed by atoms with Crippen molar-refractivity contribution >= 4 is 33.9 Å². The maximum absolute atomic E-state index is 10.1. The fraction of sp³-hybridized carbons (Fsp3) is 0.250. The van der Waals surface area contributed by atoms with E-state index in [2.05, 4.69) is 16.9 Å². The Morgan fingerprint density at radius 1 is 1.18 bits per heavy atom. The van der Waals surface area contributed by atoms with Gasteiger partial charge in [0.2, 0.25) is 5.71 Å². The number of aromatic nitrogens is 2. The van der Waals surface area contributed by atoms with Crippen molar-refractivity contribution in [2.75, 3.05) is 16.8 Å². The number of rotatable bonds is 2. The molecule has 5 rings (SSSR count). The summed E-state index contributed by atoms with van der Waals surface area (Å²) >= 11 is 0. The molecule has 1 unspecified atom stereocenters. The Bertz CT molecular complexity index is 1090. The quantitative estimate of drug-likeness (QED) is 0.727. The summed E-state index contributed by atoms with van der Waals surface area (Å²) < 4.78 is 5.42. The highest BCUT2D eigenvalue weighted by Gasteiger charge is 2.28. The number of fused-ring (bicyclic) bond motifs is 2. The van der Waals surface area contributed by atoms with E-state index in [1.807, 2.05) is 41.4 Å². The fourth-order valence-corrected chi connectivity index (χ4v) is 3.66. The molecule has 0 fully saturated rings. The highest BCUT2D eigenvalue weighted by molar-refractivity contribution is 6.25. The lowest BCUT2D eigenvalue weighted by Gasteiger charge is -2.31. The third-order valence-corrected chi connectivity index (χ3v) is 5.10. The lowest BCUT2D eigenvalue weighted by atomic mass is 9.94. The summed E-state index contributed by atoms with van der Waals surface area (Å²) in [5.41, 5.74) is 3.91. The van der Waals surface area contributed by atoms with Crippen LogP contribution in [0.2, 0.25) is 0 Å². The Balaban J connectivity index is 1.61. The van der Waals surface area contributed by atoms with E-state index in [-0.39, 0.29) is 12.6 Å². The average molecular weight is 377 g/mol. The molecule has 8 nitrogen and oxygen atoms in total. The number of allylic oxidation sites excluding steroid dienone is 1. The molecule has 0 radical (unpaired) electrons. The number of hydrogen-bond acceptors (Lipinski definition) is 8. The van der Waals surface area contributed by atoms with Crippen molar-refractivity contribution in [2.24, 2.45) is 5.10 Å². The maximum atomic E-state index is 10.1. The summed E-state index contributed by atoms with van der Waals surface area (Å²) in [4.78, 5) is 14.0. The number of furan rings is 1. The molecule has 2 aliphatic heterocycles. The minimum atomic E-state index is 0.184. The SMILES string of the molecule is CC1CCC(C2=CCON(O)c3ccccc32)=NN1c1ncnc2occc12. The van der Waals surface area contributed by atoms with Crippen LogP contribution in [0.1, 0.15) is 25.3 Å². The minimum Gasteiger partial charge on any atom is -0.446 e. The van der Waals surface area contributed by atoms with Crippen molar-refractivity contribution in [3.05, 3.63) is 54.6 Å².